The minimum Gasteiger partial charge on any atom is -0.344 e. The summed E-state index contributed by atoms with van der Waals surface area (Å²) in [6.07, 6.45) is 0.566. The van der Waals surface area contributed by atoms with Crippen LogP contribution >= 0.6 is 11.8 Å². The highest BCUT2D eigenvalue weighted by Gasteiger charge is 2.62. The van der Waals surface area contributed by atoms with Crippen molar-refractivity contribution in [2.75, 3.05) is 0 Å². The monoisotopic (exact) mass is 268 g/mol. The van der Waals surface area contributed by atoms with Crippen LogP contribution in [0.4, 0.5) is 0 Å². The molecule has 96 valence electrons. The topological polar surface area (TPSA) is 104 Å². The van der Waals surface area contributed by atoms with Gasteiger partial charge in [0.25, 0.3) is 0 Å². The van der Waals surface area contributed by atoms with Crippen LogP contribution in [0.3, 0.4) is 0 Å². The number of aromatic nitrogens is 4. The first-order valence-corrected chi connectivity index (χ1v) is 6.37. The standard InChI is InChI=1S/C9H12N6O2S/c1-9(2)5(6-11-13-14-12-6)15-7(17)4(10-3-16)8(15)18-9/h3-5,8H,1-2H3,(H,10,16)(H,11,12,13,14)/t4?,5?,8-/m0/s1. The second kappa shape index (κ2) is 3.67. The van der Waals surface area contributed by atoms with Crippen molar-refractivity contribution >= 4 is 24.1 Å². The number of rotatable bonds is 3. The van der Waals surface area contributed by atoms with Gasteiger partial charge in [-0.25, -0.2) is 5.10 Å². The van der Waals surface area contributed by atoms with Crippen molar-refractivity contribution in [1.29, 1.82) is 0 Å². The van der Waals surface area contributed by atoms with Crippen molar-refractivity contribution in [2.24, 2.45) is 0 Å². The lowest BCUT2D eigenvalue weighted by Crippen LogP contribution is -2.66. The van der Waals surface area contributed by atoms with E-state index in [0.29, 0.717) is 12.2 Å². The normalized spacial score (nSPS) is 32.9. The van der Waals surface area contributed by atoms with E-state index < -0.39 is 6.04 Å². The van der Waals surface area contributed by atoms with Gasteiger partial charge in [0.05, 0.1) is 0 Å². The Bertz CT molecular complexity index is 489. The number of hydrogen-bond donors (Lipinski definition) is 2. The maximum Gasteiger partial charge on any atom is 0.249 e. The molecular weight excluding hydrogens is 256 g/mol. The molecule has 2 saturated heterocycles. The van der Waals surface area contributed by atoms with Crippen LogP contribution in [0, 0.1) is 0 Å². The van der Waals surface area contributed by atoms with Crippen LogP contribution in [0.5, 0.6) is 0 Å². The number of β-lactam (4-membered cyclic amide) rings is 1. The molecule has 2 N–H and O–H groups in total. The van der Waals surface area contributed by atoms with Gasteiger partial charge in [-0.1, -0.05) is 0 Å². The van der Waals surface area contributed by atoms with E-state index in [1.807, 2.05) is 13.8 Å². The molecule has 2 aliphatic heterocycles. The Kier molecular flexibility index (Phi) is 2.34. The van der Waals surface area contributed by atoms with Gasteiger partial charge in [0.15, 0.2) is 5.82 Å². The first-order chi connectivity index (χ1) is 8.56. The van der Waals surface area contributed by atoms with E-state index in [2.05, 4.69) is 25.9 Å². The minimum absolute atomic E-state index is 0.0483. The van der Waals surface area contributed by atoms with Crippen LogP contribution in [-0.4, -0.2) is 54.0 Å². The van der Waals surface area contributed by atoms with E-state index in [1.54, 1.807) is 16.7 Å². The number of tetrazole rings is 1. The summed E-state index contributed by atoms with van der Waals surface area (Å²) in [4.78, 5) is 24.2. The summed E-state index contributed by atoms with van der Waals surface area (Å²) in [6, 6.07) is -0.632. The number of nitrogens with one attached hydrogen (secondary N) is 2. The lowest BCUT2D eigenvalue weighted by atomic mass is 9.95. The quantitative estimate of drug-likeness (QED) is 0.541. The van der Waals surface area contributed by atoms with Gasteiger partial charge >= 0.3 is 0 Å². The summed E-state index contributed by atoms with van der Waals surface area (Å²) >= 11 is 1.64. The van der Waals surface area contributed by atoms with Gasteiger partial charge < -0.3 is 10.2 Å². The van der Waals surface area contributed by atoms with Crippen molar-refractivity contribution in [2.45, 2.75) is 36.1 Å². The maximum absolute atomic E-state index is 12.0. The van der Waals surface area contributed by atoms with Gasteiger partial charge in [-0.3, -0.25) is 9.59 Å². The van der Waals surface area contributed by atoms with Crippen molar-refractivity contribution in [3.05, 3.63) is 5.82 Å². The van der Waals surface area contributed by atoms with E-state index in [1.165, 1.54) is 0 Å². The summed E-state index contributed by atoms with van der Waals surface area (Å²) in [5.41, 5.74) is 0. The number of hydrogen-bond acceptors (Lipinski definition) is 6. The second-order valence-corrected chi connectivity index (χ2v) is 6.58. The third-order valence-electron chi connectivity index (χ3n) is 3.31. The Balaban J connectivity index is 1.92. The average molecular weight is 268 g/mol. The summed E-state index contributed by atoms with van der Waals surface area (Å²) < 4.78 is -0.207. The highest BCUT2D eigenvalue weighted by Crippen LogP contribution is 2.56. The number of carbonyl (C=O) groups is 2. The Labute approximate surface area is 107 Å². The molecule has 9 heteroatoms. The molecule has 2 aliphatic rings. The first-order valence-electron chi connectivity index (χ1n) is 5.49. The zero-order valence-electron chi connectivity index (χ0n) is 9.82. The smallest absolute Gasteiger partial charge is 0.249 e. The fourth-order valence-electron chi connectivity index (χ4n) is 2.57. The van der Waals surface area contributed by atoms with Crippen molar-refractivity contribution in [3.8, 4) is 0 Å². The molecule has 18 heavy (non-hydrogen) atoms. The number of aromatic amines is 1. The predicted molar refractivity (Wildman–Crippen MR) is 62.2 cm³/mol. The zero-order valence-corrected chi connectivity index (χ0v) is 10.6. The van der Waals surface area contributed by atoms with Gasteiger partial charge in [0.2, 0.25) is 12.3 Å². The fraction of sp³-hybridized carbons (Fsp3) is 0.667. The highest BCUT2D eigenvalue weighted by atomic mass is 32.2. The molecule has 3 atom stereocenters. The molecule has 0 bridgehead atoms. The largest absolute Gasteiger partial charge is 0.344 e. The van der Waals surface area contributed by atoms with Crippen LogP contribution in [-0.2, 0) is 9.59 Å². The van der Waals surface area contributed by atoms with Crippen LogP contribution in [0.15, 0.2) is 0 Å². The molecule has 0 aliphatic carbocycles. The average Bonchev–Trinajstić information content (AvgIpc) is 2.90. The Morgan fingerprint density at radius 2 is 2.33 bits per heavy atom. The molecule has 0 aromatic carbocycles. The first kappa shape index (κ1) is 11.5. The Hall–Kier alpha value is -1.64. The second-order valence-electron chi connectivity index (χ2n) is 4.81. The van der Waals surface area contributed by atoms with E-state index in [0.717, 1.165) is 0 Å². The Morgan fingerprint density at radius 3 is 2.94 bits per heavy atom. The van der Waals surface area contributed by atoms with E-state index in [9.17, 15) is 9.59 Å². The van der Waals surface area contributed by atoms with Crippen molar-refractivity contribution in [3.63, 3.8) is 0 Å². The van der Waals surface area contributed by atoms with Gasteiger partial charge in [0.1, 0.15) is 17.5 Å². The van der Waals surface area contributed by atoms with Gasteiger partial charge in [-0.05, 0) is 24.3 Å². The third kappa shape index (κ3) is 1.36. The molecule has 3 rings (SSSR count). The van der Waals surface area contributed by atoms with E-state index in [4.69, 9.17) is 0 Å². The molecule has 0 radical (unpaired) electrons. The molecule has 3 heterocycles. The van der Waals surface area contributed by atoms with E-state index in [-0.39, 0.29) is 22.1 Å². The molecule has 8 nitrogen and oxygen atoms in total. The van der Waals surface area contributed by atoms with Crippen LogP contribution in [0.25, 0.3) is 0 Å². The van der Waals surface area contributed by atoms with Crippen molar-refractivity contribution < 1.29 is 9.59 Å². The molecule has 0 saturated carbocycles. The Morgan fingerprint density at radius 1 is 1.56 bits per heavy atom. The summed E-state index contributed by atoms with van der Waals surface area (Å²) in [5.74, 6) is 0.486. The molecule has 1 aromatic rings. The molecule has 1 aromatic heterocycles. The lowest BCUT2D eigenvalue weighted by Gasteiger charge is -2.43. The fourth-order valence-corrected chi connectivity index (χ4v) is 4.21. The summed E-state index contributed by atoms with van der Waals surface area (Å²) in [7, 11) is 0. The van der Waals surface area contributed by atoms with Crippen LogP contribution < -0.4 is 5.32 Å². The summed E-state index contributed by atoms with van der Waals surface area (Å²) in [5, 5.41) is 16.2. The van der Waals surface area contributed by atoms with E-state index >= 15 is 0 Å². The predicted octanol–water partition coefficient (Wildman–Crippen LogP) is -0.951. The number of thioether (sulfide) groups is 1. The molecular formula is C9H12N6O2S. The number of fused-ring (bicyclic) bond motifs is 1. The number of H-pyrrole nitrogens is 1. The molecule has 2 unspecified atom stereocenters. The minimum atomic E-state index is -0.437. The number of amides is 2. The number of carbonyl (C=O) groups excluding carboxylic acids is 2. The SMILES string of the molecule is CC1(C)S[C@H]2C(NC=O)C(=O)N2C1c1nnn[nH]1. The maximum atomic E-state index is 12.0. The van der Waals surface area contributed by atoms with Gasteiger partial charge in [0, 0.05) is 4.75 Å². The molecule has 2 amide bonds. The van der Waals surface area contributed by atoms with Gasteiger partial charge in [-0.15, -0.1) is 16.9 Å². The molecule has 2 fully saturated rings. The van der Waals surface area contributed by atoms with Crippen LogP contribution in [0.1, 0.15) is 25.7 Å². The van der Waals surface area contributed by atoms with Gasteiger partial charge in [-0.2, -0.15) is 0 Å². The van der Waals surface area contributed by atoms with Crippen LogP contribution in [0.2, 0.25) is 0 Å². The number of nitrogens with zero attached hydrogens (tertiary/aromatic N) is 4. The lowest BCUT2D eigenvalue weighted by molar-refractivity contribution is -0.150. The third-order valence-corrected chi connectivity index (χ3v) is 4.88. The summed E-state index contributed by atoms with van der Waals surface area (Å²) in [6.45, 7) is 4.07. The molecule has 0 spiro atoms. The zero-order chi connectivity index (χ0) is 12.9. The van der Waals surface area contributed by atoms with Crippen molar-refractivity contribution in [1.82, 2.24) is 30.8 Å². The highest BCUT2D eigenvalue weighted by molar-refractivity contribution is 8.01.